The molecule has 2 heterocycles. The van der Waals surface area contributed by atoms with Gasteiger partial charge in [-0.2, -0.15) is 5.10 Å². The van der Waals surface area contributed by atoms with Crippen LogP contribution in [0.2, 0.25) is 0 Å². The number of unbranched alkanes of at least 4 members (excludes halogenated alkanes) is 1. The molecule has 0 aliphatic carbocycles. The molecule has 158 valence electrons. The Morgan fingerprint density at radius 1 is 1.13 bits per heavy atom. The van der Waals surface area contributed by atoms with E-state index in [1.54, 1.807) is 28.9 Å². The number of rotatable bonds is 8. The highest BCUT2D eigenvalue weighted by atomic mass is 16.5. The topological polar surface area (TPSA) is 102 Å². The highest BCUT2D eigenvalue weighted by Crippen LogP contribution is 2.14. The zero-order valence-electron chi connectivity index (χ0n) is 17.2. The van der Waals surface area contributed by atoms with Gasteiger partial charge in [0.25, 0.3) is 11.5 Å². The first kappa shape index (κ1) is 20.3. The highest BCUT2D eigenvalue weighted by molar-refractivity contribution is 5.94. The number of para-hydroxylation sites is 1. The van der Waals surface area contributed by atoms with E-state index < -0.39 is 0 Å². The lowest BCUT2D eigenvalue weighted by Gasteiger charge is -2.08. The molecule has 1 amide bonds. The van der Waals surface area contributed by atoms with E-state index in [1.165, 1.54) is 6.20 Å². The van der Waals surface area contributed by atoms with Gasteiger partial charge >= 0.3 is 0 Å². The zero-order valence-corrected chi connectivity index (χ0v) is 17.2. The van der Waals surface area contributed by atoms with Crippen molar-refractivity contribution in [2.75, 3.05) is 6.61 Å². The highest BCUT2D eigenvalue weighted by Gasteiger charge is 2.12. The number of amides is 1. The first-order chi connectivity index (χ1) is 15.2. The van der Waals surface area contributed by atoms with Crippen LogP contribution in [0.25, 0.3) is 16.7 Å². The summed E-state index contributed by atoms with van der Waals surface area (Å²) in [6, 6.07) is 16.4. The van der Waals surface area contributed by atoms with E-state index in [2.05, 4.69) is 27.3 Å². The SMILES string of the molecule is CCCCOc1ccc(C(=O)NCc2nc3c(cnn3-c3ccccc3)c(=O)[nH]2)cc1. The number of benzene rings is 2. The molecule has 0 bridgehead atoms. The summed E-state index contributed by atoms with van der Waals surface area (Å²) >= 11 is 0. The van der Waals surface area contributed by atoms with Crippen LogP contribution in [0.15, 0.2) is 65.6 Å². The molecule has 0 atom stereocenters. The number of fused-ring (bicyclic) bond motifs is 1. The molecule has 2 aromatic heterocycles. The van der Waals surface area contributed by atoms with Crippen LogP contribution in [0.4, 0.5) is 0 Å². The van der Waals surface area contributed by atoms with E-state index in [9.17, 15) is 9.59 Å². The van der Waals surface area contributed by atoms with Crippen LogP contribution in [0.3, 0.4) is 0 Å². The molecule has 2 N–H and O–H groups in total. The summed E-state index contributed by atoms with van der Waals surface area (Å²) in [4.78, 5) is 32.1. The van der Waals surface area contributed by atoms with E-state index in [4.69, 9.17) is 4.74 Å². The molecule has 31 heavy (non-hydrogen) atoms. The number of ether oxygens (including phenoxy) is 1. The number of hydrogen-bond donors (Lipinski definition) is 2. The predicted molar refractivity (Wildman–Crippen MR) is 118 cm³/mol. The minimum atomic E-state index is -0.301. The maximum Gasteiger partial charge on any atom is 0.262 e. The second-order valence-corrected chi connectivity index (χ2v) is 7.05. The van der Waals surface area contributed by atoms with E-state index in [1.807, 2.05) is 30.3 Å². The third kappa shape index (κ3) is 4.63. The predicted octanol–water partition coefficient (Wildman–Crippen LogP) is 3.22. The van der Waals surface area contributed by atoms with Crippen molar-refractivity contribution in [2.24, 2.45) is 0 Å². The Kier molecular flexibility index (Phi) is 6.07. The van der Waals surface area contributed by atoms with Crippen LogP contribution >= 0.6 is 0 Å². The van der Waals surface area contributed by atoms with Gasteiger partial charge in [0.1, 0.15) is 17.0 Å². The molecule has 0 radical (unpaired) electrons. The Labute approximate surface area is 178 Å². The summed E-state index contributed by atoms with van der Waals surface area (Å²) in [5.74, 6) is 0.818. The molecule has 4 aromatic rings. The number of nitrogens with zero attached hydrogens (tertiary/aromatic N) is 3. The van der Waals surface area contributed by atoms with Crippen LogP contribution in [0.5, 0.6) is 5.75 Å². The molecule has 0 saturated carbocycles. The van der Waals surface area contributed by atoms with Crippen LogP contribution in [-0.4, -0.2) is 32.3 Å². The summed E-state index contributed by atoms with van der Waals surface area (Å²) in [7, 11) is 0. The minimum Gasteiger partial charge on any atom is -0.494 e. The zero-order chi connectivity index (χ0) is 21.6. The van der Waals surface area contributed by atoms with E-state index in [0.717, 1.165) is 24.3 Å². The number of carbonyl (C=O) groups is 1. The summed E-state index contributed by atoms with van der Waals surface area (Å²) in [5.41, 5.74) is 1.44. The average molecular weight is 417 g/mol. The fourth-order valence-electron chi connectivity index (χ4n) is 3.11. The van der Waals surface area contributed by atoms with Crippen LogP contribution in [0.1, 0.15) is 35.9 Å². The number of nitrogens with one attached hydrogen (secondary N) is 2. The number of carbonyl (C=O) groups excluding carboxylic acids is 1. The molecular formula is C23H23N5O3. The molecule has 0 aliphatic rings. The van der Waals surface area contributed by atoms with E-state index in [0.29, 0.717) is 29.0 Å². The first-order valence-electron chi connectivity index (χ1n) is 10.2. The van der Waals surface area contributed by atoms with Crippen molar-refractivity contribution in [1.29, 1.82) is 0 Å². The third-order valence-electron chi connectivity index (χ3n) is 4.79. The molecule has 0 unspecified atom stereocenters. The summed E-state index contributed by atoms with van der Waals surface area (Å²) in [6.45, 7) is 2.84. The van der Waals surface area contributed by atoms with Gasteiger partial charge in [-0.15, -0.1) is 0 Å². The summed E-state index contributed by atoms with van der Waals surface area (Å²) < 4.78 is 7.22. The van der Waals surface area contributed by atoms with Crippen LogP contribution in [-0.2, 0) is 6.54 Å². The third-order valence-corrected chi connectivity index (χ3v) is 4.79. The molecule has 0 aliphatic heterocycles. The number of hydrogen-bond acceptors (Lipinski definition) is 5. The van der Waals surface area contributed by atoms with Gasteiger partial charge in [0.2, 0.25) is 0 Å². The normalized spacial score (nSPS) is 10.9. The largest absolute Gasteiger partial charge is 0.494 e. The fourth-order valence-corrected chi connectivity index (χ4v) is 3.11. The van der Waals surface area contributed by atoms with Crippen molar-refractivity contribution in [3.05, 3.63) is 82.5 Å². The molecule has 4 rings (SSSR count). The van der Waals surface area contributed by atoms with Crippen LogP contribution in [0, 0.1) is 0 Å². The Morgan fingerprint density at radius 3 is 2.65 bits per heavy atom. The monoisotopic (exact) mass is 417 g/mol. The van der Waals surface area contributed by atoms with Gasteiger partial charge in [0.15, 0.2) is 5.65 Å². The number of aromatic nitrogens is 4. The molecular weight excluding hydrogens is 394 g/mol. The maximum atomic E-state index is 12.5. The second kappa shape index (κ2) is 9.25. The Balaban J connectivity index is 1.47. The molecule has 8 nitrogen and oxygen atoms in total. The van der Waals surface area contributed by atoms with Crippen molar-refractivity contribution in [2.45, 2.75) is 26.3 Å². The smallest absolute Gasteiger partial charge is 0.262 e. The van der Waals surface area contributed by atoms with Crippen molar-refractivity contribution in [1.82, 2.24) is 25.1 Å². The summed E-state index contributed by atoms with van der Waals surface area (Å²) in [5, 5.41) is 7.46. The molecule has 0 fully saturated rings. The Morgan fingerprint density at radius 2 is 1.90 bits per heavy atom. The minimum absolute atomic E-state index is 0.0821. The van der Waals surface area contributed by atoms with E-state index in [-0.39, 0.29) is 18.0 Å². The lowest BCUT2D eigenvalue weighted by atomic mass is 10.2. The number of aromatic amines is 1. The molecule has 0 spiro atoms. The number of H-pyrrole nitrogens is 1. The standard InChI is InChI=1S/C23H23N5O3/c1-2-3-13-31-18-11-9-16(10-12-18)22(29)24-15-20-26-21-19(23(30)27-20)14-25-28(21)17-7-5-4-6-8-17/h4-12,14H,2-3,13,15H2,1H3,(H,24,29)(H,26,27,30). The van der Waals surface area contributed by atoms with Gasteiger partial charge in [-0.3, -0.25) is 9.59 Å². The van der Waals surface area contributed by atoms with Crippen LogP contribution < -0.4 is 15.6 Å². The Hall–Kier alpha value is -3.94. The van der Waals surface area contributed by atoms with Gasteiger partial charge in [0.05, 0.1) is 25.0 Å². The first-order valence-corrected chi connectivity index (χ1v) is 10.2. The van der Waals surface area contributed by atoms with Gasteiger partial charge in [-0.1, -0.05) is 31.5 Å². The van der Waals surface area contributed by atoms with Crippen molar-refractivity contribution >= 4 is 16.9 Å². The summed E-state index contributed by atoms with van der Waals surface area (Å²) in [6.07, 6.45) is 3.54. The Bertz CT molecular complexity index is 1230. The maximum absolute atomic E-state index is 12.5. The lowest BCUT2D eigenvalue weighted by Crippen LogP contribution is -2.25. The second-order valence-electron chi connectivity index (χ2n) is 7.05. The van der Waals surface area contributed by atoms with Gasteiger partial charge in [-0.05, 0) is 42.8 Å². The lowest BCUT2D eigenvalue weighted by molar-refractivity contribution is 0.0950. The fraction of sp³-hybridized carbons (Fsp3) is 0.217. The van der Waals surface area contributed by atoms with Crippen molar-refractivity contribution in [3.63, 3.8) is 0 Å². The molecule has 8 heteroatoms. The molecule has 0 saturated heterocycles. The average Bonchev–Trinajstić information content (AvgIpc) is 3.23. The van der Waals surface area contributed by atoms with Crippen molar-refractivity contribution < 1.29 is 9.53 Å². The van der Waals surface area contributed by atoms with Gasteiger partial charge in [0, 0.05) is 5.56 Å². The van der Waals surface area contributed by atoms with Gasteiger partial charge in [-0.25, -0.2) is 9.67 Å². The van der Waals surface area contributed by atoms with E-state index >= 15 is 0 Å². The molecule has 2 aromatic carbocycles. The van der Waals surface area contributed by atoms with Gasteiger partial charge < -0.3 is 15.0 Å². The van der Waals surface area contributed by atoms with Crippen molar-refractivity contribution in [3.8, 4) is 11.4 Å². The quantitative estimate of drug-likeness (QED) is 0.429.